The minimum absolute atomic E-state index is 0.244. The fourth-order valence-electron chi connectivity index (χ4n) is 4.00. The van der Waals surface area contributed by atoms with Crippen molar-refractivity contribution in [2.75, 3.05) is 0 Å². The molecule has 0 saturated carbocycles. The molecular formula is C24H19FN2O2. The third-order valence-corrected chi connectivity index (χ3v) is 5.47. The van der Waals surface area contributed by atoms with E-state index in [1.165, 1.54) is 11.6 Å². The van der Waals surface area contributed by atoms with Gasteiger partial charge in [0.1, 0.15) is 11.3 Å². The van der Waals surface area contributed by atoms with Crippen LogP contribution >= 0.6 is 0 Å². The lowest BCUT2D eigenvalue weighted by molar-refractivity contribution is 0.551. The molecule has 0 amide bonds. The maximum absolute atomic E-state index is 14.4. The summed E-state index contributed by atoms with van der Waals surface area (Å²) in [6, 6.07) is 16.6. The minimum atomic E-state index is -0.462. The van der Waals surface area contributed by atoms with Gasteiger partial charge in [-0.3, -0.25) is 0 Å². The Balaban J connectivity index is 1.94. The highest BCUT2D eigenvalue weighted by atomic mass is 19.1. The van der Waals surface area contributed by atoms with Gasteiger partial charge < -0.3 is 8.98 Å². The Hall–Kier alpha value is -3.47. The Kier molecular flexibility index (Phi) is 3.98. The smallest absolute Gasteiger partial charge is 0.362 e. The minimum Gasteiger partial charge on any atom is -0.402 e. The molecule has 3 aromatic heterocycles. The van der Waals surface area contributed by atoms with Crippen molar-refractivity contribution in [3.63, 3.8) is 0 Å². The fraction of sp³-hybridized carbons (Fsp3) is 0.167. The fourth-order valence-corrected chi connectivity index (χ4v) is 4.00. The number of fused-ring (bicyclic) bond motifs is 5. The number of rotatable bonds is 3. The lowest BCUT2D eigenvalue weighted by Gasteiger charge is -2.08. The van der Waals surface area contributed by atoms with Gasteiger partial charge in [0.25, 0.3) is 0 Å². The topological polar surface area (TPSA) is 48.0 Å². The molecule has 29 heavy (non-hydrogen) atoms. The van der Waals surface area contributed by atoms with Gasteiger partial charge in [0.05, 0.1) is 6.54 Å². The van der Waals surface area contributed by atoms with Crippen molar-refractivity contribution in [1.29, 1.82) is 0 Å². The number of hydrogen-bond donors (Lipinski definition) is 0. The van der Waals surface area contributed by atoms with Crippen LogP contribution in [0.3, 0.4) is 0 Å². The SMILES string of the molecule is CCc1ccc2c(c1)c1c3ccc(C)nc3oc(=O)c1n2Cc1ccccc1F. The van der Waals surface area contributed by atoms with Gasteiger partial charge >= 0.3 is 5.63 Å². The Labute approximate surface area is 166 Å². The number of aryl methyl sites for hydroxylation is 2. The van der Waals surface area contributed by atoms with E-state index in [2.05, 4.69) is 18.0 Å². The van der Waals surface area contributed by atoms with Gasteiger partial charge in [-0.15, -0.1) is 0 Å². The van der Waals surface area contributed by atoms with E-state index in [9.17, 15) is 9.18 Å². The normalized spacial score (nSPS) is 11.7. The summed E-state index contributed by atoms with van der Waals surface area (Å²) in [6.07, 6.45) is 0.882. The number of nitrogens with zero attached hydrogens (tertiary/aromatic N) is 2. The summed E-state index contributed by atoms with van der Waals surface area (Å²) in [5.74, 6) is -0.296. The van der Waals surface area contributed by atoms with Crippen LogP contribution in [-0.4, -0.2) is 9.55 Å². The summed E-state index contributed by atoms with van der Waals surface area (Å²) < 4.78 is 21.8. The molecule has 3 heterocycles. The highest BCUT2D eigenvalue weighted by Crippen LogP contribution is 2.34. The predicted octanol–water partition coefficient (Wildman–Crippen LogP) is 5.35. The molecule has 0 bridgehead atoms. The second-order valence-corrected chi connectivity index (χ2v) is 7.30. The van der Waals surface area contributed by atoms with E-state index in [1.54, 1.807) is 18.2 Å². The Morgan fingerprint density at radius 3 is 2.69 bits per heavy atom. The third-order valence-electron chi connectivity index (χ3n) is 5.47. The van der Waals surface area contributed by atoms with Crippen molar-refractivity contribution >= 4 is 32.9 Å². The van der Waals surface area contributed by atoms with Crippen molar-refractivity contribution in [3.8, 4) is 0 Å². The zero-order chi connectivity index (χ0) is 20.1. The molecule has 144 valence electrons. The molecule has 5 heteroatoms. The number of benzene rings is 2. The van der Waals surface area contributed by atoms with Crippen molar-refractivity contribution in [3.05, 3.63) is 87.7 Å². The second kappa shape index (κ2) is 6.55. The first-order chi connectivity index (χ1) is 14.1. The standard InChI is InChI=1S/C24H19FN2O2/c1-3-15-9-11-20-18(12-15)21-17-10-8-14(2)26-23(17)29-24(28)22(21)27(20)13-16-6-4-5-7-19(16)25/h4-12H,3,13H2,1-2H3. The van der Waals surface area contributed by atoms with Crippen LogP contribution in [0, 0.1) is 12.7 Å². The van der Waals surface area contributed by atoms with Crippen LogP contribution in [0.15, 0.2) is 63.8 Å². The lowest BCUT2D eigenvalue weighted by atomic mass is 10.1. The molecule has 0 atom stereocenters. The predicted molar refractivity (Wildman–Crippen MR) is 113 cm³/mol. The molecule has 0 aliphatic carbocycles. The highest BCUT2D eigenvalue weighted by Gasteiger charge is 2.20. The van der Waals surface area contributed by atoms with E-state index in [-0.39, 0.29) is 12.4 Å². The molecule has 0 saturated heterocycles. The van der Waals surface area contributed by atoms with Crippen molar-refractivity contribution < 1.29 is 8.81 Å². The number of halogens is 1. The maximum Gasteiger partial charge on any atom is 0.362 e. The first-order valence-electron chi connectivity index (χ1n) is 9.65. The molecule has 0 N–H and O–H groups in total. The first kappa shape index (κ1) is 17.6. The third kappa shape index (κ3) is 2.73. The van der Waals surface area contributed by atoms with Crippen molar-refractivity contribution in [2.45, 2.75) is 26.8 Å². The van der Waals surface area contributed by atoms with Crippen LogP contribution in [-0.2, 0) is 13.0 Å². The molecule has 4 nitrogen and oxygen atoms in total. The maximum atomic E-state index is 14.4. The molecule has 2 aromatic carbocycles. The largest absolute Gasteiger partial charge is 0.402 e. The first-order valence-corrected chi connectivity index (χ1v) is 9.65. The van der Waals surface area contributed by atoms with Gasteiger partial charge in [-0.2, -0.15) is 0 Å². The van der Waals surface area contributed by atoms with Crippen LogP contribution in [0.4, 0.5) is 4.39 Å². The molecule has 0 radical (unpaired) electrons. The van der Waals surface area contributed by atoms with Crippen LogP contribution in [0.25, 0.3) is 32.9 Å². The van der Waals surface area contributed by atoms with Gasteiger partial charge in [0.2, 0.25) is 5.71 Å². The summed E-state index contributed by atoms with van der Waals surface area (Å²) >= 11 is 0. The lowest BCUT2D eigenvalue weighted by Crippen LogP contribution is -2.09. The summed E-state index contributed by atoms with van der Waals surface area (Å²) in [7, 11) is 0. The van der Waals surface area contributed by atoms with Crippen LogP contribution in [0.1, 0.15) is 23.7 Å². The average molecular weight is 386 g/mol. The second-order valence-electron chi connectivity index (χ2n) is 7.30. The van der Waals surface area contributed by atoms with Gasteiger partial charge in [-0.05, 0) is 49.2 Å². The van der Waals surface area contributed by atoms with E-state index < -0.39 is 5.63 Å². The van der Waals surface area contributed by atoms with Crippen LogP contribution in [0.5, 0.6) is 0 Å². The summed E-state index contributed by atoms with van der Waals surface area (Å²) in [5, 5.41) is 2.56. The number of aromatic nitrogens is 2. The Bertz CT molecular complexity index is 1460. The molecule has 0 aliphatic heterocycles. The zero-order valence-corrected chi connectivity index (χ0v) is 16.2. The summed E-state index contributed by atoms with van der Waals surface area (Å²) in [5.41, 5.74) is 3.65. The summed E-state index contributed by atoms with van der Waals surface area (Å²) in [6.45, 7) is 4.20. The Morgan fingerprint density at radius 2 is 1.90 bits per heavy atom. The van der Waals surface area contributed by atoms with Gasteiger partial charge in [-0.1, -0.05) is 31.2 Å². The summed E-state index contributed by atoms with van der Waals surface area (Å²) in [4.78, 5) is 17.4. The van der Waals surface area contributed by atoms with Gasteiger partial charge in [0, 0.05) is 32.9 Å². The van der Waals surface area contributed by atoms with Crippen LogP contribution in [0.2, 0.25) is 0 Å². The molecular weight excluding hydrogens is 367 g/mol. The molecule has 0 fully saturated rings. The van der Waals surface area contributed by atoms with E-state index in [0.717, 1.165) is 33.8 Å². The molecule has 0 unspecified atom stereocenters. The molecule has 0 aliphatic rings. The molecule has 0 spiro atoms. The monoisotopic (exact) mass is 386 g/mol. The zero-order valence-electron chi connectivity index (χ0n) is 16.2. The quantitative estimate of drug-likeness (QED) is 0.420. The van der Waals surface area contributed by atoms with E-state index in [0.29, 0.717) is 16.8 Å². The van der Waals surface area contributed by atoms with E-state index in [1.807, 2.05) is 35.8 Å². The van der Waals surface area contributed by atoms with Crippen LogP contribution < -0.4 is 5.63 Å². The van der Waals surface area contributed by atoms with Crippen molar-refractivity contribution in [1.82, 2.24) is 9.55 Å². The number of hydrogen-bond acceptors (Lipinski definition) is 3. The van der Waals surface area contributed by atoms with E-state index in [4.69, 9.17) is 4.42 Å². The Morgan fingerprint density at radius 1 is 1.07 bits per heavy atom. The van der Waals surface area contributed by atoms with Gasteiger partial charge in [-0.25, -0.2) is 14.2 Å². The molecule has 5 rings (SSSR count). The molecule has 5 aromatic rings. The number of pyridine rings is 1. The average Bonchev–Trinajstić information content (AvgIpc) is 3.04. The highest BCUT2D eigenvalue weighted by molar-refractivity contribution is 6.18. The van der Waals surface area contributed by atoms with E-state index >= 15 is 0 Å². The van der Waals surface area contributed by atoms with Gasteiger partial charge in [0.15, 0.2) is 0 Å². The van der Waals surface area contributed by atoms with Crippen molar-refractivity contribution in [2.24, 2.45) is 0 Å².